The fraction of sp³-hybridized carbons (Fsp3) is 0.229. The molecule has 15 rings (SSSR count). The number of hydrogen-bond donors (Lipinski definition) is 0. The van der Waals surface area contributed by atoms with Crippen molar-refractivity contribution in [2.24, 2.45) is 11.8 Å². The molecule has 1 nitrogen and oxygen atoms in total. The van der Waals surface area contributed by atoms with E-state index in [0.29, 0.717) is 0 Å². The van der Waals surface area contributed by atoms with Gasteiger partial charge in [-0.2, -0.15) is 0 Å². The average molecular weight is 960 g/mol. The molecule has 9 aromatic carbocycles. The lowest BCUT2D eigenvalue weighted by Crippen LogP contribution is -2.55. The summed E-state index contributed by atoms with van der Waals surface area (Å²) in [5.41, 5.74) is 22.1. The van der Waals surface area contributed by atoms with Crippen molar-refractivity contribution in [3.8, 4) is 22.1 Å². The fourth-order valence-electron chi connectivity index (χ4n) is 16.1. The third-order valence-electron chi connectivity index (χ3n) is 18.4. The summed E-state index contributed by atoms with van der Waals surface area (Å²) >= 11 is 0. The summed E-state index contributed by atoms with van der Waals surface area (Å²) in [7, 11) is -0.545. The Hall–Kier alpha value is -6.86. The van der Waals surface area contributed by atoms with E-state index in [-0.39, 0.29) is 17.5 Å². The van der Waals surface area contributed by atoms with Crippen LogP contribution in [0.2, 0.25) is 0 Å². The summed E-state index contributed by atoms with van der Waals surface area (Å²) in [6.07, 6.45) is 8.03. The van der Waals surface area contributed by atoms with Crippen molar-refractivity contribution in [3.05, 3.63) is 233 Å². The van der Waals surface area contributed by atoms with Crippen molar-refractivity contribution in [1.82, 2.24) is 4.57 Å². The Balaban J connectivity index is 0.839. The lowest BCUT2D eigenvalue weighted by atomic mass is 9.34. The molecule has 2 heterocycles. The van der Waals surface area contributed by atoms with Crippen LogP contribution >= 0.6 is 7.53 Å². The molecule has 3 heteroatoms. The second-order valence-corrected chi connectivity index (χ2v) is 25.4. The molecule has 0 amide bonds. The third-order valence-corrected chi connectivity index (χ3v) is 21.0. The Bertz CT molecular complexity index is 3830. The quantitative estimate of drug-likeness (QED) is 0.134. The summed E-state index contributed by atoms with van der Waals surface area (Å²) in [6, 6.07) is 73.5. The van der Waals surface area contributed by atoms with E-state index in [1.54, 1.807) is 11.1 Å². The van der Waals surface area contributed by atoms with Gasteiger partial charge in [-0.15, -0.1) is 0 Å². The molecule has 0 spiro atoms. The molecule has 0 saturated heterocycles. The van der Waals surface area contributed by atoms with Crippen LogP contribution in [0.5, 0.6) is 0 Å². The highest BCUT2D eigenvalue weighted by Gasteiger charge is 2.58. The predicted octanol–water partition coefficient (Wildman–Crippen LogP) is 16.9. The summed E-state index contributed by atoms with van der Waals surface area (Å²) in [5, 5.41) is 9.94. The number of benzene rings is 9. The molecule has 2 atom stereocenters. The molecule has 0 radical (unpaired) electrons. The van der Waals surface area contributed by atoms with E-state index in [4.69, 9.17) is 0 Å². The maximum Gasteiger partial charge on any atom is 0.242 e. The van der Waals surface area contributed by atoms with Gasteiger partial charge in [0.1, 0.15) is 0 Å². The molecule has 0 aliphatic heterocycles. The normalized spacial score (nSPS) is 20.2. The molecule has 356 valence electrons. The van der Waals surface area contributed by atoms with Crippen molar-refractivity contribution in [2.45, 2.75) is 90.9 Å². The molecule has 4 aliphatic carbocycles. The Morgan fingerprint density at radius 2 is 0.904 bits per heavy atom. The zero-order valence-corrected chi connectivity index (χ0v) is 44.2. The van der Waals surface area contributed by atoms with Crippen LogP contribution < -0.4 is 16.4 Å². The monoisotopic (exact) mass is 959 g/mol. The van der Waals surface area contributed by atoms with Crippen LogP contribution in [0.15, 0.2) is 188 Å². The highest BCUT2D eigenvalue weighted by molar-refractivity contribution is 7.67. The molecular formula is C70H63BNP. The minimum absolute atomic E-state index is 0.105. The van der Waals surface area contributed by atoms with Crippen molar-refractivity contribution in [2.75, 3.05) is 0 Å². The number of hydrogen-bond acceptors (Lipinski definition) is 0. The smallest absolute Gasteiger partial charge is 0.242 e. The van der Waals surface area contributed by atoms with Gasteiger partial charge in [0, 0.05) is 26.7 Å². The standard InChI is InChI=1S/C70H63BNP/c1-44-32-46(3)67(47(4)33-44)71(68-48(5)34-45(2)35-49(68)6)56-27-31-64-62(38-56)61-37-53(22-30-63(61)72(64)57-14-8-7-9-15-57)52-20-23-54(24-21-52)69-39-50-36-51(40-69)42-70(41-50,43-69)55-25-28-58(29-26-55)73-65-18-12-10-16-59(65)60-17-11-13-19-66(60)73/h7-35,37-38,50-51H,36,39-43H2,1-6H3. The van der Waals surface area contributed by atoms with E-state index >= 15 is 0 Å². The van der Waals surface area contributed by atoms with Gasteiger partial charge < -0.3 is 4.57 Å². The van der Waals surface area contributed by atoms with E-state index in [9.17, 15) is 0 Å². The first-order chi connectivity index (χ1) is 35.5. The molecule has 2 unspecified atom stereocenters. The zero-order valence-electron chi connectivity index (χ0n) is 43.3. The van der Waals surface area contributed by atoms with Gasteiger partial charge in [0.05, 0.1) is 11.0 Å². The van der Waals surface area contributed by atoms with Gasteiger partial charge in [0.15, 0.2) is 0 Å². The summed E-state index contributed by atoms with van der Waals surface area (Å²) in [6.45, 7) is 13.8. The Kier molecular flexibility index (Phi) is 10.3. The van der Waals surface area contributed by atoms with Gasteiger partial charge in [0.2, 0.25) is 6.71 Å². The number of aryl methyl sites for hydroxylation is 6. The topological polar surface area (TPSA) is 4.93 Å². The van der Waals surface area contributed by atoms with E-state index in [2.05, 4.69) is 234 Å². The van der Waals surface area contributed by atoms with Gasteiger partial charge in [-0.3, -0.25) is 0 Å². The van der Waals surface area contributed by atoms with Crippen molar-refractivity contribution in [1.29, 1.82) is 0 Å². The molecule has 2 aromatic heterocycles. The second-order valence-electron chi connectivity index (χ2n) is 23.3. The molecular weight excluding hydrogens is 897 g/mol. The minimum atomic E-state index is -0.545. The van der Waals surface area contributed by atoms with Crippen molar-refractivity contribution >= 4 is 73.4 Å². The van der Waals surface area contributed by atoms with Gasteiger partial charge in [-0.1, -0.05) is 215 Å². The van der Waals surface area contributed by atoms with Crippen LogP contribution in [0.25, 0.3) is 64.9 Å². The van der Waals surface area contributed by atoms with Crippen LogP contribution in [0.3, 0.4) is 0 Å². The highest BCUT2D eigenvalue weighted by atomic mass is 31.1. The Morgan fingerprint density at radius 1 is 0.438 bits per heavy atom. The highest BCUT2D eigenvalue weighted by Crippen LogP contribution is 2.66. The molecule has 11 aromatic rings. The maximum atomic E-state index is 2.56. The number of fused-ring (bicyclic) bond motifs is 6. The Morgan fingerprint density at radius 3 is 1.45 bits per heavy atom. The van der Waals surface area contributed by atoms with Crippen LogP contribution in [-0.4, -0.2) is 11.3 Å². The number of aromatic nitrogens is 1. The van der Waals surface area contributed by atoms with Crippen LogP contribution in [0, 0.1) is 53.4 Å². The lowest BCUT2D eigenvalue weighted by molar-refractivity contribution is -0.0281. The van der Waals surface area contributed by atoms with E-state index in [1.807, 2.05) is 0 Å². The summed E-state index contributed by atoms with van der Waals surface area (Å²) in [5.74, 6) is 1.59. The molecule has 4 saturated carbocycles. The average Bonchev–Trinajstić information content (AvgIpc) is 3.90. The predicted molar refractivity (Wildman–Crippen MR) is 316 cm³/mol. The van der Waals surface area contributed by atoms with Gasteiger partial charge in [-0.25, -0.2) is 0 Å². The first-order valence-corrected chi connectivity index (χ1v) is 28.4. The molecule has 0 N–H and O–H groups in total. The minimum Gasteiger partial charge on any atom is -0.309 e. The third kappa shape index (κ3) is 7.11. The number of para-hydroxylation sites is 1. The first-order valence-electron chi connectivity index (χ1n) is 27.0. The van der Waals surface area contributed by atoms with Crippen LogP contribution in [-0.2, 0) is 10.8 Å². The van der Waals surface area contributed by atoms with E-state index in [0.717, 1.165) is 11.8 Å². The summed E-state index contributed by atoms with van der Waals surface area (Å²) < 4.78 is 2.48. The fourth-order valence-corrected chi connectivity index (χ4v) is 18.8. The summed E-state index contributed by atoms with van der Waals surface area (Å²) in [4.78, 5) is 0. The van der Waals surface area contributed by atoms with Gasteiger partial charge in [-0.05, 0) is 171 Å². The second kappa shape index (κ2) is 16.8. The van der Waals surface area contributed by atoms with Crippen LogP contribution in [0.1, 0.15) is 83.0 Å². The largest absolute Gasteiger partial charge is 0.309 e. The van der Waals surface area contributed by atoms with Gasteiger partial charge in [0.25, 0.3) is 0 Å². The molecule has 4 fully saturated rings. The SMILES string of the molecule is Cc1cc(C)c(B(c2ccc3c(c2)c2cc(-c4ccc(C56CC7CC(C5)CC(c5ccc(-p8c9ccccc9c9ccccc98)cc5)(C7)C6)cc4)ccc2n3-c2ccccc2)c2c(C)cc(C)cc2C)c(C)c1. The van der Waals surface area contributed by atoms with Crippen molar-refractivity contribution in [3.63, 3.8) is 0 Å². The maximum absolute atomic E-state index is 2.56. The molecule has 4 aliphatic rings. The first kappa shape index (κ1) is 44.8. The Labute approximate surface area is 433 Å². The van der Waals surface area contributed by atoms with Gasteiger partial charge >= 0.3 is 0 Å². The molecule has 4 bridgehead atoms. The van der Waals surface area contributed by atoms with Crippen LogP contribution in [0.4, 0.5) is 0 Å². The molecule has 73 heavy (non-hydrogen) atoms. The number of nitrogens with zero attached hydrogens (tertiary/aromatic N) is 1. The van der Waals surface area contributed by atoms with E-state index in [1.165, 1.54) is 153 Å². The zero-order chi connectivity index (χ0) is 49.3. The van der Waals surface area contributed by atoms with Crippen molar-refractivity contribution < 1.29 is 0 Å². The number of rotatable bonds is 8. The van der Waals surface area contributed by atoms with E-state index < -0.39 is 7.53 Å². The lowest BCUT2D eigenvalue weighted by Gasteiger charge is -2.63.